The fourth-order valence-electron chi connectivity index (χ4n) is 3.30. The summed E-state index contributed by atoms with van der Waals surface area (Å²) in [4.78, 5) is 14.4. The van der Waals surface area contributed by atoms with Crippen LogP contribution in [0.5, 0.6) is 0 Å². The smallest absolute Gasteiger partial charge is 0.220 e. The number of carbonyl (C=O) groups excluding carboxylic acids is 1. The monoisotopic (exact) mass is 325 g/mol. The predicted octanol–water partition coefficient (Wildman–Crippen LogP) is 1.95. The van der Waals surface area contributed by atoms with E-state index in [9.17, 15) is 4.79 Å². The molecule has 1 aliphatic heterocycles. The first kappa shape index (κ1) is 20.0. The van der Waals surface area contributed by atoms with Gasteiger partial charge in [0.15, 0.2) is 0 Å². The predicted molar refractivity (Wildman–Crippen MR) is 87.7 cm³/mol. The van der Waals surface area contributed by atoms with Crippen LogP contribution in [0.25, 0.3) is 0 Å². The van der Waals surface area contributed by atoms with Crippen LogP contribution >= 0.6 is 24.8 Å². The van der Waals surface area contributed by atoms with E-state index in [-0.39, 0.29) is 36.8 Å². The molecule has 1 heterocycles. The second-order valence-corrected chi connectivity index (χ2v) is 5.86. The second kappa shape index (κ2) is 9.82. The quantitative estimate of drug-likeness (QED) is 0.830. The maximum atomic E-state index is 12.0. The Balaban J connectivity index is 0.00000180. The van der Waals surface area contributed by atoms with Crippen LogP contribution in [0, 0.1) is 5.92 Å². The summed E-state index contributed by atoms with van der Waals surface area (Å²) in [6.07, 6.45) is 6.35. The lowest BCUT2D eigenvalue weighted by atomic mass is 9.99. The fraction of sp³-hybridized carbons (Fsp3) is 0.929. The third-order valence-electron chi connectivity index (χ3n) is 4.48. The van der Waals surface area contributed by atoms with E-state index in [2.05, 4.69) is 17.1 Å². The van der Waals surface area contributed by atoms with E-state index in [1.54, 1.807) is 0 Å². The number of rotatable bonds is 4. The van der Waals surface area contributed by atoms with Gasteiger partial charge in [0.25, 0.3) is 0 Å². The van der Waals surface area contributed by atoms with Crippen LogP contribution in [-0.4, -0.2) is 42.5 Å². The van der Waals surface area contributed by atoms with Gasteiger partial charge in [0, 0.05) is 25.0 Å². The Morgan fingerprint density at radius 1 is 1.25 bits per heavy atom. The van der Waals surface area contributed by atoms with Gasteiger partial charge in [-0.3, -0.25) is 4.79 Å². The van der Waals surface area contributed by atoms with E-state index in [1.807, 2.05) is 0 Å². The van der Waals surface area contributed by atoms with E-state index >= 15 is 0 Å². The molecular weight excluding hydrogens is 297 g/mol. The zero-order chi connectivity index (χ0) is 13.0. The molecule has 0 spiro atoms. The summed E-state index contributed by atoms with van der Waals surface area (Å²) < 4.78 is 0. The summed E-state index contributed by atoms with van der Waals surface area (Å²) in [6.45, 7) is 5.46. The van der Waals surface area contributed by atoms with E-state index in [0.29, 0.717) is 18.4 Å². The lowest BCUT2D eigenvalue weighted by Crippen LogP contribution is -2.48. The molecule has 0 bridgehead atoms. The number of nitrogens with zero attached hydrogens (tertiary/aromatic N) is 1. The molecule has 3 atom stereocenters. The Morgan fingerprint density at radius 3 is 2.60 bits per heavy atom. The van der Waals surface area contributed by atoms with Gasteiger partial charge in [-0.15, -0.1) is 24.8 Å². The van der Waals surface area contributed by atoms with Gasteiger partial charge in [0.05, 0.1) is 0 Å². The Bertz CT molecular complexity index is 292. The SMILES string of the molecule is CCN1CCCC(NC(=O)C[C@@H]2CCC[C@H]2N)C1.Cl.Cl. The van der Waals surface area contributed by atoms with Crippen molar-refractivity contribution in [1.82, 2.24) is 10.2 Å². The standard InChI is InChI=1S/C14H27N3O.2ClH/c1-2-17-8-4-6-12(10-17)16-14(18)9-11-5-3-7-13(11)15;;/h11-13H,2-10,15H2,1H3,(H,16,18);2*1H/t11-,12?,13+;;/m0../s1. The minimum absolute atomic E-state index is 0. The number of likely N-dealkylation sites (N-methyl/N-ethyl adjacent to an activating group) is 1. The molecule has 120 valence electrons. The van der Waals surface area contributed by atoms with Gasteiger partial charge >= 0.3 is 0 Å². The number of hydrogen-bond donors (Lipinski definition) is 2. The molecule has 0 aromatic rings. The minimum Gasteiger partial charge on any atom is -0.352 e. The van der Waals surface area contributed by atoms with Crippen LogP contribution in [0.4, 0.5) is 0 Å². The van der Waals surface area contributed by atoms with Gasteiger partial charge in [-0.25, -0.2) is 0 Å². The van der Waals surface area contributed by atoms with Crippen LogP contribution < -0.4 is 11.1 Å². The fourth-order valence-corrected chi connectivity index (χ4v) is 3.30. The summed E-state index contributed by atoms with van der Waals surface area (Å²) in [6, 6.07) is 0.595. The molecule has 2 fully saturated rings. The average molecular weight is 326 g/mol. The number of amides is 1. The molecule has 3 N–H and O–H groups in total. The van der Waals surface area contributed by atoms with Crippen LogP contribution in [-0.2, 0) is 4.79 Å². The molecule has 1 amide bonds. The molecule has 0 radical (unpaired) electrons. The molecule has 0 aromatic carbocycles. The number of nitrogens with one attached hydrogen (secondary N) is 1. The van der Waals surface area contributed by atoms with Crippen molar-refractivity contribution >= 4 is 30.7 Å². The highest BCUT2D eigenvalue weighted by molar-refractivity contribution is 5.85. The summed E-state index contributed by atoms with van der Waals surface area (Å²) in [7, 11) is 0. The normalized spacial score (nSPS) is 30.2. The van der Waals surface area contributed by atoms with Gasteiger partial charge in [-0.2, -0.15) is 0 Å². The van der Waals surface area contributed by atoms with Crippen molar-refractivity contribution in [3.05, 3.63) is 0 Å². The van der Waals surface area contributed by atoms with E-state index in [0.717, 1.165) is 32.4 Å². The molecule has 6 heteroatoms. The molecule has 20 heavy (non-hydrogen) atoms. The summed E-state index contributed by atoms with van der Waals surface area (Å²) in [5.41, 5.74) is 6.02. The van der Waals surface area contributed by atoms with Crippen molar-refractivity contribution in [3.63, 3.8) is 0 Å². The number of likely N-dealkylation sites (tertiary alicyclic amines) is 1. The van der Waals surface area contributed by atoms with Crippen molar-refractivity contribution < 1.29 is 4.79 Å². The van der Waals surface area contributed by atoms with Crippen molar-refractivity contribution in [1.29, 1.82) is 0 Å². The molecule has 2 aliphatic rings. The zero-order valence-corrected chi connectivity index (χ0v) is 14.0. The third kappa shape index (κ3) is 5.76. The first-order chi connectivity index (χ1) is 8.69. The van der Waals surface area contributed by atoms with Crippen LogP contribution in [0.3, 0.4) is 0 Å². The molecular formula is C14H29Cl2N3O. The summed E-state index contributed by atoms with van der Waals surface area (Å²) >= 11 is 0. The Morgan fingerprint density at radius 2 is 2.00 bits per heavy atom. The highest BCUT2D eigenvalue weighted by atomic mass is 35.5. The van der Waals surface area contributed by atoms with Crippen molar-refractivity contribution in [2.45, 2.75) is 57.5 Å². The number of carbonyl (C=O) groups is 1. The maximum Gasteiger partial charge on any atom is 0.220 e. The summed E-state index contributed by atoms with van der Waals surface area (Å²) in [5, 5.41) is 3.19. The highest BCUT2D eigenvalue weighted by Crippen LogP contribution is 2.26. The van der Waals surface area contributed by atoms with Gasteiger partial charge in [0.2, 0.25) is 5.91 Å². The maximum absolute atomic E-state index is 12.0. The first-order valence-corrected chi connectivity index (χ1v) is 7.46. The van der Waals surface area contributed by atoms with Crippen molar-refractivity contribution in [2.24, 2.45) is 11.7 Å². The van der Waals surface area contributed by atoms with Crippen LogP contribution in [0.15, 0.2) is 0 Å². The molecule has 1 aliphatic carbocycles. The van der Waals surface area contributed by atoms with Crippen LogP contribution in [0.2, 0.25) is 0 Å². The van der Waals surface area contributed by atoms with Gasteiger partial charge < -0.3 is 16.0 Å². The molecule has 0 aromatic heterocycles. The minimum atomic E-state index is 0. The average Bonchev–Trinajstić information content (AvgIpc) is 2.75. The lowest BCUT2D eigenvalue weighted by molar-refractivity contribution is -0.123. The molecule has 1 saturated heterocycles. The van der Waals surface area contributed by atoms with Gasteiger partial charge in [0.1, 0.15) is 0 Å². The Hall–Kier alpha value is -0.0300. The molecule has 1 saturated carbocycles. The van der Waals surface area contributed by atoms with Crippen LogP contribution in [0.1, 0.15) is 45.4 Å². The Kier molecular flexibility index (Phi) is 9.81. The zero-order valence-electron chi connectivity index (χ0n) is 12.3. The van der Waals surface area contributed by atoms with Crippen molar-refractivity contribution in [3.8, 4) is 0 Å². The topological polar surface area (TPSA) is 58.4 Å². The van der Waals surface area contributed by atoms with E-state index in [4.69, 9.17) is 5.73 Å². The van der Waals surface area contributed by atoms with Crippen molar-refractivity contribution in [2.75, 3.05) is 19.6 Å². The number of piperidine rings is 1. The Labute approximate surface area is 135 Å². The second-order valence-electron chi connectivity index (χ2n) is 5.86. The largest absolute Gasteiger partial charge is 0.352 e. The van der Waals surface area contributed by atoms with E-state index < -0.39 is 0 Å². The highest BCUT2D eigenvalue weighted by Gasteiger charge is 2.27. The number of halogens is 2. The molecule has 2 rings (SSSR count). The lowest BCUT2D eigenvalue weighted by Gasteiger charge is -2.32. The van der Waals surface area contributed by atoms with Gasteiger partial charge in [-0.1, -0.05) is 13.3 Å². The number of hydrogen-bond acceptors (Lipinski definition) is 3. The van der Waals surface area contributed by atoms with Gasteiger partial charge in [-0.05, 0) is 44.7 Å². The molecule has 1 unspecified atom stereocenters. The first-order valence-electron chi connectivity index (χ1n) is 7.46. The number of nitrogens with two attached hydrogens (primary N) is 1. The third-order valence-corrected chi connectivity index (χ3v) is 4.48. The molecule has 4 nitrogen and oxygen atoms in total. The summed E-state index contributed by atoms with van der Waals surface area (Å²) in [5.74, 6) is 0.621. The van der Waals surface area contributed by atoms with E-state index in [1.165, 1.54) is 19.4 Å².